The van der Waals surface area contributed by atoms with E-state index in [1.54, 1.807) is 0 Å². The van der Waals surface area contributed by atoms with Crippen LogP contribution in [0.25, 0.3) is 0 Å². The molecule has 0 spiro atoms. The van der Waals surface area contributed by atoms with Gasteiger partial charge < -0.3 is 10.6 Å². The number of nitrogens with one attached hydrogen (secondary N) is 2. The minimum atomic E-state index is -0.342. The van der Waals surface area contributed by atoms with Crippen molar-refractivity contribution >= 4 is 23.4 Å². The first-order valence-corrected chi connectivity index (χ1v) is 3.27. The fraction of sp³-hybridized carbons (Fsp3) is 0.600. The minimum absolute atomic E-state index is 0.0119. The monoisotopic (exact) mass is 164 g/mol. The smallest absolute Gasteiger partial charge is 0.239 e. The quantitative estimate of drug-likeness (QED) is 0.531. The van der Waals surface area contributed by atoms with Gasteiger partial charge in [-0.1, -0.05) is 0 Å². The Hall–Kier alpha value is -0.770. The lowest BCUT2D eigenvalue weighted by molar-refractivity contribution is -0.124. The van der Waals surface area contributed by atoms with Crippen LogP contribution in [0.3, 0.4) is 0 Å². The second-order valence-corrected chi connectivity index (χ2v) is 1.85. The van der Waals surface area contributed by atoms with Crippen LogP contribution in [0.2, 0.25) is 0 Å². The first-order chi connectivity index (χ1) is 4.70. The van der Waals surface area contributed by atoms with Crippen molar-refractivity contribution in [2.75, 3.05) is 19.5 Å². The number of alkyl halides is 1. The summed E-state index contributed by atoms with van der Waals surface area (Å²) < 4.78 is 0. The van der Waals surface area contributed by atoms with Gasteiger partial charge in [0, 0.05) is 7.05 Å². The summed E-state index contributed by atoms with van der Waals surface area (Å²) in [6.07, 6.45) is 0. The van der Waals surface area contributed by atoms with Gasteiger partial charge in [-0.05, 0) is 0 Å². The van der Waals surface area contributed by atoms with Gasteiger partial charge in [0.1, 0.15) is 5.88 Å². The van der Waals surface area contributed by atoms with Crippen molar-refractivity contribution in [3.63, 3.8) is 0 Å². The number of likely N-dealkylation sites (N-methyl/N-ethyl adjacent to an activating group) is 1. The fourth-order valence-electron chi connectivity index (χ4n) is 0.314. The van der Waals surface area contributed by atoms with Crippen LogP contribution < -0.4 is 10.6 Å². The summed E-state index contributed by atoms with van der Waals surface area (Å²) in [5.41, 5.74) is 0. The topological polar surface area (TPSA) is 58.2 Å². The number of halogens is 1. The molecule has 58 valence electrons. The second kappa shape index (κ2) is 5.05. The lowest BCUT2D eigenvalue weighted by atomic mass is 10.5. The van der Waals surface area contributed by atoms with E-state index in [-0.39, 0.29) is 24.2 Å². The van der Waals surface area contributed by atoms with Gasteiger partial charge >= 0.3 is 0 Å². The molecule has 0 aliphatic rings. The van der Waals surface area contributed by atoms with E-state index >= 15 is 0 Å². The molecule has 0 fully saturated rings. The van der Waals surface area contributed by atoms with E-state index in [2.05, 4.69) is 10.6 Å². The maximum Gasteiger partial charge on any atom is 0.239 e. The molecule has 0 aromatic carbocycles. The van der Waals surface area contributed by atoms with Crippen LogP contribution in [-0.4, -0.2) is 31.3 Å². The molecule has 0 radical (unpaired) electrons. The van der Waals surface area contributed by atoms with Gasteiger partial charge in [0.15, 0.2) is 0 Å². The Kier molecular flexibility index (Phi) is 4.66. The molecule has 10 heavy (non-hydrogen) atoms. The van der Waals surface area contributed by atoms with Gasteiger partial charge in [0.25, 0.3) is 0 Å². The first-order valence-electron chi connectivity index (χ1n) is 2.74. The Balaban J connectivity index is 3.35. The highest BCUT2D eigenvalue weighted by molar-refractivity contribution is 6.27. The number of hydrogen-bond acceptors (Lipinski definition) is 2. The van der Waals surface area contributed by atoms with Gasteiger partial charge in [-0.15, -0.1) is 11.6 Å². The molecule has 0 aliphatic carbocycles. The molecule has 2 N–H and O–H groups in total. The summed E-state index contributed by atoms with van der Waals surface area (Å²) in [6.45, 7) is -0.0119. The number of carbonyl (C=O) groups is 2. The maximum absolute atomic E-state index is 10.5. The molecule has 0 saturated carbocycles. The number of hydrogen-bond donors (Lipinski definition) is 2. The summed E-state index contributed by atoms with van der Waals surface area (Å²) >= 11 is 5.13. The highest BCUT2D eigenvalue weighted by Gasteiger charge is 2.00. The van der Waals surface area contributed by atoms with Crippen molar-refractivity contribution in [1.29, 1.82) is 0 Å². The first kappa shape index (κ1) is 9.23. The van der Waals surface area contributed by atoms with Crippen LogP contribution in [0.4, 0.5) is 0 Å². The zero-order chi connectivity index (χ0) is 7.98. The van der Waals surface area contributed by atoms with Crippen molar-refractivity contribution in [1.82, 2.24) is 10.6 Å². The third-order valence-corrected chi connectivity index (χ3v) is 1.09. The van der Waals surface area contributed by atoms with Crippen LogP contribution >= 0.6 is 11.6 Å². The van der Waals surface area contributed by atoms with E-state index in [1.807, 2.05) is 0 Å². The average molecular weight is 165 g/mol. The molecular weight excluding hydrogens is 156 g/mol. The van der Waals surface area contributed by atoms with Crippen LogP contribution in [0.15, 0.2) is 0 Å². The van der Waals surface area contributed by atoms with Crippen LogP contribution in [0.1, 0.15) is 0 Å². The Labute approximate surface area is 63.9 Å². The van der Waals surface area contributed by atoms with E-state index in [4.69, 9.17) is 11.6 Å². The van der Waals surface area contributed by atoms with Crippen molar-refractivity contribution in [2.45, 2.75) is 0 Å². The molecule has 0 heterocycles. The molecule has 0 saturated heterocycles. The second-order valence-electron chi connectivity index (χ2n) is 1.58. The lowest BCUT2D eigenvalue weighted by Crippen LogP contribution is -2.35. The Morgan fingerprint density at radius 1 is 1.40 bits per heavy atom. The SMILES string of the molecule is CNC(=O)CNC(=O)CCl. The molecule has 0 aromatic heterocycles. The third kappa shape index (κ3) is 4.14. The van der Waals surface area contributed by atoms with E-state index in [0.717, 1.165) is 0 Å². The van der Waals surface area contributed by atoms with Crippen molar-refractivity contribution in [3.05, 3.63) is 0 Å². The minimum Gasteiger partial charge on any atom is -0.358 e. The lowest BCUT2D eigenvalue weighted by Gasteiger charge is -1.99. The highest BCUT2D eigenvalue weighted by atomic mass is 35.5. The number of rotatable bonds is 3. The molecule has 2 amide bonds. The third-order valence-electron chi connectivity index (χ3n) is 0.846. The molecule has 0 bridgehead atoms. The molecule has 0 aliphatic heterocycles. The van der Waals surface area contributed by atoms with Crippen LogP contribution in [-0.2, 0) is 9.59 Å². The largest absolute Gasteiger partial charge is 0.358 e. The van der Waals surface area contributed by atoms with Gasteiger partial charge in [-0.25, -0.2) is 0 Å². The predicted octanol–water partition coefficient (Wildman–Crippen LogP) is -0.913. The molecule has 0 unspecified atom stereocenters. The normalized spacial score (nSPS) is 8.60. The van der Waals surface area contributed by atoms with E-state index < -0.39 is 0 Å². The maximum atomic E-state index is 10.5. The van der Waals surface area contributed by atoms with Crippen molar-refractivity contribution in [2.24, 2.45) is 0 Å². The van der Waals surface area contributed by atoms with E-state index in [9.17, 15) is 9.59 Å². The fourth-order valence-corrected chi connectivity index (χ4v) is 0.409. The summed E-state index contributed by atoms with van der Waals surface area (Å²) in [5, 5.41) is 4.65. The molecule has 0 atom stereocenters. The van der Waals surface area contributed by atoms with Gasteiger partial charge in [0.05, 0.1) is 6.54 Å². The number of amides is 2. The molecule has 0 aromatic rings. The number of carbonyl (C=O) groups excluding carboxylic acids is 2. The Morgan fingerprint density at radius 3 is 2.40 bits per heavy atom. The standard InChI is InChI=1S/C5H9ClN2O2/c1-7-5(10)3-8-4(9)2-6/h2-3H2,1H3,(H,7,10)(H,8,9). The summed E-state index contributed by atoms with van der Waals surface area (Å²) in [5.74, 6) is -0.694. The Morgan fingerprint density at radius 2 is 2.00 bits per heavy atom. The van der Waals surface area contributed by atoms with Gasteiger partial charge in [-0.2, -0.15) is 0 Å². The predicted molar refractivity (Wildman–Crippen MR) is 37.8 cm³/mol. The molecule has 5 heteroatoms. The zero-order valence-corrected chi connectivity index (χ0v) is 6.36. The molecule has 0 rings (SSSR count). The van der Waals surface area contributed by atoms with Crippen LogP contribution in [0.5, 0.6) is 0 Å². The summed E-state index contributed by atoms with van der Waals surface area (Å²) in [7, 11) is 1.50. The van der Waals surface area contributed by atoms with Gasteiger partial charge in [0.2, 0.25) is 11.8 Å². The highest BCUT2D eigenvalue weighted by Crippen LogP contribution is 1.72. The van der Waals surface area contributed by atoms with E-state index in [0.29, 0.717) is 0 Å². The Bertz CT molecular complexity index is 122. The van der Waals surface area contributed by atoms with Crippen LogP contribution in [0, 0.1) is 0 Å². The molecule has 4 nitrogen and oxygen atoms in total. The van der Waals surface area contributed by atoms with E-state index in [1.165, 1.54) is 7.05 Å². The van der Waals surface area contributed by atoms with Crippen molar-refractivity contribution in [3.8, 4) is 0 Å². The summed E-state index contributed by atoms with van der Waals surface area (Å²) in [4.78, 5) is 20.9. The molecular formula is C5H9ClN2O2. The van der Waals surface area contributed by atoms with Gasteiger partial charge in [-0.3, -0.25) is 9.59 Å². The zero-order valence-electron chi connectivity index (χ0n) is 5.61. The average Bonchev–Trinajstić information content (AvgIpc) is 1.99. The summed E-state index contributed by atoms with van der Waals surface area (Å²) in [6, 6.07) is 0. The van der Waals surface area contributed by atoms with Crippen molar-refractivity contribution < 1.29 is 9.59 Å².